The highest BCUT2D eigenvalue weighted by atomic mass is 127. The van der Waals surface area contributed by atoms with E-state index in [9.17, 15) is 0 Å². The summed E-state index contributed by atoms with van der Waals surface area (Å²) < 4.78 is 11.3. The first kappa shape index (κ1) is 21.4. The number of aliphatic imine (C=N–C) groups is 1. The minimum absolute atomic E-state index is 0. The highest BCUT2D eigenvalue weighted by Gasteiger charge is 2.28. The fourth-order valence-electron chi connectivity index (χ4n) is 3.13. The molecule has 0 radical (unpaired) electrons. The molecular formula is C18H32IN5O2. The lowest BCUT2D eigenvalue weighted by atomic mass is 10.1. The molecule has 0 saturated heterocycles. The number of ether oxygens (including phenoxy) is 1. The summed E-state index contributed by atoms with van der Waals surface area (Å²) in [7, 11) is 0. The highest BCUT2D eigenvalue weighted by molar-refractivity contribution is 14.0. The topological polar surface area (TPSA) is 84.6 Å². The Labute approximate surface area is 173 Å². The number of halogens is 1. The Kier molecular flexibility index (Phi) is 9.66. The van der Waals surface area contributed by atoms with Crippen LogP contribution in [0.1, 0.15) is 75.9 Å². The first-order valence-corrected chi connectivity index (χ1v) is 9.81. The second kappa shape index (κ2) is 11.7. The fraction of sp³-hybridized carbons (Fsp3) is 0.833. The number of nitrogens with zero attached hydrogens (tertiary/aromatic N) is 3. The third-order valence-corrected chi connectivity index (χ3v) is 4.69. The normalized spacial score (nSPS) is 18.9. The van der Waals surface area contributed by atoms with Gasteiger partial charge in [-0.25, -0.2) is 4.99 Å². The molecule has 26 heavy (non-hydrogen) atoms. The molecule has 0 unspecified atom stereocenters. The summed E-state index contributed by atoms with van der Waals surface area (Å²) in [6, 6.07) is 0. The first-order chi connectivity index (χ1) is 12.3. The van der Waals surface area contributed by atoms with Crippen molar-refractivity contribution in [3.05, 3.63) is 11.7 Å². The summed E-state index contributed by atoms with van der Waals surface area (Å²) >= 11 is 0. The number of nitrogens with one attached hydrogen (secondary N) is 2. The fourth-order valence-corrected chi connectivity index (χ4v) is 3.13. The molecule has 0 bridgehead atoms. The van der Waals surface area contributed by atoms with Crippen molar-refractivity contribution < 1.29 is 9.26 Å². The Bertz CT molecular complexity index is 539. The van der Waals surface area contributed by atoms with Crippen LogP contribution >= 0.6 is 24.0 Å². The lowest BCUT2D eigenvalue weighted by Gasteiger charge is -2.16. The summed E-state index contributed by atoms with van der Waals surface area (Å²) in [5, 5.41) is 10.6. The van der Waals surface area contributed by atoms with Gasteiger partial charge < -0.3 is 19.9 Å². The van der Waals surface area contributed by atoms with Gasteiger partial charge in [-0.05, 0) is 32.6 Å². The minimum Gasteiger partial charge on any atom is -0.376 e. The average Bonchev–Trinajstić information content (AvgIpc) is 3.41. The third kappa shape index (κ3) is 7.38. The van der Waals surface area contributed by atoms with Crippen molar-refractivity contribution in [3.8, 4) is 0 Å². The maximum Gasteiger partial charge on any atom is 0.248 e. The van der Waals surface area contributed by atoms with Gasteiger partial charge in [0.25, 0.3) is 0 Å². The summed E-state index contributed by atoms with van der Waals surface area (Å²) in [5.41, 5.74) is 0. The number of aromatic nitrogens is 2. The van der Waals surface area contributed by atoms with E-state index in [1.165, 1.54) is 51.4 Å². The van der Waals surface area contributed by atoms with Gasteiger partial charge in [0.1, 0.15) is 6.54 Å². The molecule has 2 saturated carbocycles. The maximum absolute atomic E-state index is 6.00. The quantitative estimate of drug-likeness (QED) is 0.197. The van der Waals surface area contributed by atoms with Crippen molar-refractivity contribution in [2.45, 2.75) is 76.9 Å². The van der Waals surface area contributed by atoms with E-state index in [0.29, 0.717) is 31.1 Å². The van der Waals surface area contributed by atoms with Crippen molar-refractivity contribution in [2.24, 2.45) is 4.99 Å². The standard InChI is InChI=1S/C18H31N5O2.HI/c1-2-19-18(20-11-12-24-15-7-5-3-4-6-8-15)21-13-16-22-17(23-25-16)14-9-10-14;/h14-15H,2-13H2,1H3,(H2,19,20,21);1H. The van der Waals surface area contributed by atoms with E-state index < -0.39 is 0 Å². The Morgan fingerprint density at radius 3 is 2.62 bits per heavy atom. The molecule has 1 aromatic rings. The van der Waals surface area contributed by atoms with Gasteiger partial charge in [0, 0.05) is 19.0 Å². The van der Waals surface area contributed by atoms with Crippen LogP contribution in [0, 0.1) is 0 Å². The zero-order valence-electron chi connectivity index (χ0n) is 15.7. The van der Waals surface area contributed by atoms with Gasteiger partial charge in [-0.3, -0.25) is 0 Å². The van der Waals surface area contributed by atoms with E-state index >= 15 is 0 Å². The predicted molar refractivity (Wildman–Crippen MR) is 112 cm³/mol. The molecule has 0 aliphatic heterocycles. The van der Waals surface area contributed by atoms with Crippen molar-refractivity contribution in [3.63, 3.8) is 0 Å². The Morgan fingerprint density at radius 2 is 1.92 bits per heavy atom. The summed E-state index contributed by atoms with van der Waals surface area (Å²) in [6.07, 6.45) is 10.5. The van der Waals surface area contributed by atoms with Crippen molar-refractivity contribution in [1.29, 1.82) is 0 Å². The SMILES string of the molecule is CCNC(=NCc1nc(C2CC2)no1)NCCOC1CCCCCC1.I. The number of hydrogen-bond donors (Lipinski definition) is 2. The van der Waals surface area contributed by atoms with Gasteiger partial charge >= 0.3 is 0 Å². The zero-order valence-corrected chi connectivity index (χ0v) is 18.0. The largest absolute Gasteiger partial charge is 0.376 e. The van der Waals surface area contributed by atoms with Crippen LogP contribution < -0.4 is 10.6 Å². The third-order valence-electron chi connectivity index (χ3n) is 4.69. The number of hydrogen-bond acceptors (Lipinski definition) is 5. The van der Waals surface area contributed by atoms with E-state index in [4.69, 9.17) is 9.26 Å². The van der Waals surface area contributed by atoms with Crippen LogP contribution in [0.15, 0.2) is 9.52 Å². The molecule has 3 rings (SSSR count). The van der Waals surface area contributed by atoms with Crippen LogP contribution in [0.2, 0.25) is 0 Å². The average molecular weight is 477 g/mol. The minimum atomic E-state index is 0. The van der Waals surface area contributed by atoms with Gasteiger partial charge in [0.05, 0.1) is 12.7 Å². The molecular weight excluding hydrogens is 445 g/mol. The van der Waals surface area contributed by atoms with Crippen molar-refractivity contribution >= 4 is 29.9 Å². The lowest BCUT2D eigenvalue weighted by molar-refractivity contribution is 0.0468. The summed E-state index contributed by atoms with van der Waals surface area (Å²) in [6.45, 7) is 4.73. The number of guanidine groups is 1. The van der Waals surface area contributed by atoms with Crippen LogP contribution in [-0.4, -0.2) is 41.9 Å². The van der Waals surface area contributed by atoms with E-state index in [1.807, 2.05) is 0 Å². The van der Waals surface area contributed by atoms with Gasteiger partial charge in [-0.1, -0.05) is 30.8 Å². The smallest absolute Gasteiger partial charge is 0.248 e. The Hall–Kier alpha value is -0.900. The highest BCUT2D eigenvalue weighted by Crippen LogP contribution is 2.38. The van der Waals surface area contributed by atoms with E-state index in [1.54, 1.807) is 0 Å². The maximum atomic E-state index is 6.00. The van der Waals surface area contributed by atoms with E-state index in [-0.39, 0.29) is 24.0 Å². The number of rotatable bonds is 8. The van der Waals surface area contributed by atoms with Crippen LogP contribution in [-0.2, 0) is 11.3 Å². The zero-order chi connectivity index (χ0) is 17.3. The van der Waals surface area contributed by atoms with Crippen molar-refractivity contribution in [2.75, 3.05) is 19.7 Å². The molecule has 0 amide bonds. The van der Waals surface area contributed by atoms with E-state index in [2.05, 4.69) is 32.7 Å². The van der Waals surface area contributed by atoms with Crippen molar-refractivity contribution in [1.82, 2.24) is 20.8 Å². The molecule has 0 aromatic carbocycles. The Balaban J connectivity index is 0.00000243. The molecule has 1 aromatic heterocycles. The van der Waals surface area contributed by atoms with Crippen LogP contribution in [0.5, 0.6) is 0 Å². The first-order valence-electron chi connectivity index (χ1n) is 9.81. The lowest BCUT2D eigenvalue weighted by Crippen LogP contribution is -2.39. The Morgan fingerprint density at radius 1 is 1.15 bits per heavy atom. The molecule has 0 atom stereocenters. The molecule has 2 fully saturated rings. The molecule has 2 aliphatic carbocycles. The molecule has 0 spiro atoms. The van der Waals surface area contributed by atoms with E-state index in [0.717, 1.165) is 24.9 Å². The van der Waals surface area contributed by atoms with Crippen LogP contribution in [0.25, 0.3) is 0 Å². The second-order valence-corrected chi connectivity index (χ2v) is 6.93. The molecule has 8 heteroatoms. The molecule has 1 heterocycles. The summed E-state index contributed by atoms with van der Waals surface area (Å²) in [5.74, 6) is 2.68. The molecule has 148 valence electrons. The van der Waals surface area contributed by atoms with Gasteiger partial charge in [0.2, 0.25) is 5.89 Å². The summed E-state index contributed by atoms with van der Waals surface area (Å²) in [4.78, 5) is 8.92. The monoisotopic (exact) mass is 477 g/mol. The predicted octanol–water partition coefficient (Wildman–Crippen LogP) is 3.36. The van der Waals surface area contributed by atoms with Gasteiger partial charge in [-0.15, -0.1) is 24.0 Å². The van der Waals surface area contributed by atoms with Gasteiger partial charge in [-0.2, -0.15) is 4.98 Å². The second-order valence-electron chi connectivity index (χ2n) is 6.93. The molecule has 2 aliphatic rings. The molecule has 7 nitrogen and oxygen atoms in total. The van der Waals surface area contributed by atoms with Gasteiger partial charge in [0.15, 0.2) is 11.8 Å². The van der Waals surface area contributed by atoms with Crippen LogP contribution in [0.4, 0.5) is 0 Å². The van der Waals surface area contributed by atoms with Crippen LogP contribution in [0.3, 0.4) is 0 Å². The molecule has 2 N–H and O–H groups in total.